The molecule has 0 unspecified atom stereocenters. The number of halogens is 1. The minimum absolute atomic E-state index is 0.232. The number of benzene rings is 1. The van der Waals surface area contributed by atoms with Crippen LogP contribution in [-0.4, -0.2) is 20.9 Å². The van der Waals surface area contributed by atoms with Gasteiger partial charge in [-0.1, -0.05) is 6.07 Å². The van der Waals surface area contributed by atoms with Crippen molar-refractivity contribution >= 4 is 34.2 Å². The lowest BCUT2D eigenvalue weighted by molar-refractivity contribution is 0.0695. The van der Waals surface area contributed by atoms with Gasteiger partial charge in [0.2, 0.25) is 0 Å². The SMILES string of the molecule is Cn1ncc(C(=O)O)c1CNc1cccc(I)c1. The highest BCUT2D eigenvalue weighted by molar-refractivity contribution is 14.1. The van der Waals surface area contributed by atoms with Crippen LogP contribution in [0.2, 0.25) is 0 Å². The molecule has 0 aliphatic carbocycles. The third kappa shape index (κ3) is 2.81. The molecule has 2 rings (SSSR count). The minimum Gasteiger partial charge on any atom is -0.478 e. The molecule has 0 atom stereocenters. The van der Waals surface area contributed by atoms with Crippen LogP contribution in [0.4, 0.5) is 5.69 Å². The van der Waals surface area contributed by atoms with Gasteiger partial charge in [0.1, 0.15) is 5.56 Å². The predicted molar refractivity (Wildman–Crippen MR) is 76.7 cm³/mol. The zero-order valence-electron chi connectivity index (χ0n) is 9.72. The highest BCUT2D eigenvalue weighted by atomic mass is 127. The van der Waals surface area contributed by atoms with E-state index in [0.717, 1.165) is 9.26 Å². The zero-order valence-corrected chi connectivity index (χ0v) is 11.9. The predicted octanol–water partition coefficient (Wildman–Crippen LogP) is 2.33. The van der Waals surface area contributed by atoms with Gasteiger partial charge in [0.25, 0.3) is 0 Å². The maximum atomic E-state index is 11.0. The van der Waals surface area contributed by atoms with Crippen molar-refractivity contribution < 1.29 is 9.90 Å². The topological polar surface area (TPSA) is 67.2 Å². The molecule has 1 aromatic carbocycles. The van der Waals surface area contributed by atoms with Gasteiger partial charge in [-0.3, -0.25) is 4.68 Å². The molecule has 0 fully saturated rings. The fourth-order valence-corrected chi connectivity index (χ4v) is 2.18. The summed E-state index contributed by atoms with van der Waals surface area (Å²) in [7, 11) is 1.73. The minimum atomic E-state index is -0.956. The molecule has 0 aliphatic rings. The van der Waals surface area contributed by atoms with Gasteiger partial charge in [-0.25, -0.2) is 4.79 Å². The van der Waals surface area contributed by atoms with Crippen LogP contribution in [-0.2, 0) is 13.6 Å². The lowest BCUT2D eigenvalue weighted by atomic mass is 10.2. The Balaban J connectivity index is 2.15. The zero-order chi connectivity index (χ0) is 13.1. The van der Waals surface area contributed by atoms with Gasteiger partial charge in [-0.2, -0.15) is 5.10 Å². The molecule has 2 aromatic rings. The highest BCUT2D eigenvalue weighted by Gasteiger charge is 2.14. The van der Waals surface area contributed by atoms with Crippen molar-refractivity contribution in [1.29, 1.82) is 0 Å². The Labute approximate surface area is 118 Å². The smallest absolute Gasteiger partial charge is 0.339 e. The molecule has 6 heteroatoms. The Hall–Kier alpha value is -1.57. The maximum Gasteiger partial charge on any atom is 0.339 e. The van der Waals surface area contributed by atoms with Crippen LogP contribution in [0, 0.1) is 3.57 Å². The van der Waals surface area contributed by atoms with E-state index in [4.69, 9.17) is 5.11 Å². The van der Waals surface area contributed by atoms with Crippen LogP contribution >= 0.6 is 22.6 Å². The number of hydrogen-bond acceptors (Lipinski definition) is 3. The lowest BCUT2D eigenvalue weighted by Crippen LogP contribution is -2.10. The van der Waals surface area contributed by atoms with Crippen molar-refractivity contribution in [3.63, 3.8) is 0 Å². The number of rotatable bonds is 4. The van der Waals surface area contributed by atoms with Crippen molar-refractivity contribution in [1.82, 2.24) is 9.78 Å². The normalized spacial score (nSPS) is 10.3. The summed E-state index contributed by atoms with van der Waals surface area (Å²) in [6.45, 7) is 0.429. The van der Waals surface area contributed by atoms with E-state index in [0.29, 0.717) is 12.2 Å². The van der Waals surface area contributed by atoms with Gasteiger partial charge in [-0.15, -0.1) is 0 Å². The number of hydrogen-bond donors (Lipinski definition) is 2. The number of carbonyl (C=O) groups is 1. The first-order valence-corrected chi connectivity index (χ1v) is 6.39. The summed E-state index contributed by atoms with van der Waals surface area (Å²) in [5.41, 5.74) is 1.84. The standard InChI is InChI=1S/C12H12IN3O2/c1-16-11(10(6-15-16)12(17)18)7-14-9-4-2-3-8(13)5-9/h2-6,14H,7H2,1H3,(H,17,18). The highest BCUT2D eigenvalue weighted by Crippen LogP contribution is 2.15. The van der Waals surface area contributed by atoms with Crippen LogP contribution in [0.5, 0.6) is 0 Å². The van der Waals surface area contributed by atoms with E-state index in [2.05, 4.69) is 33.0 Å². The van der Waals surface area contributed by atoms with Gasteiger partial charge >= 0.3 is 5.97 Å². The fourth-order valence-electron chi connectivity index (χ4n) is 1.64. The molecule has 1 heterocycles. The Kier molecular flexibility index (Phi) is 3.85. The van der Waals surface area contributed by atoms with Gasteiger partial charge in [0, 0.05) is 16.3 Å². The van der Waals surface area contributed by atoms with Gasteiger partial charge in [-0.05, 0) is 40.8 Å². The second kappa shape index (κ2) is 5.38. The summed E-state index contributed by atoms with van der Waals surface area (Å²) in [5, 5.41) is 16.2. The molecule has 94 valence electrons. The van der Waals surface area contributed by atoms with Crippen LogP contribution in [0.3, 0.4) is 0 Å². The van der Waals surface area contributed by atoms with E-state index in [9.17, 15) is 4.79 Å². The molecule has 0 saturated heterocycles. The van der Waals surface area contributed by atoms with E-state index in [-0.39, 0.29) is 5.56 Å². The lowest BCUT2D eigenvalue weighted by Gasteiger charge is -2.08. The average molecular weight is 357 g/mol. The summed E-state index contributed by atoms with van der Waals surface area (Å²) in [6.07, 6.45) is 1.37. The van der Waals surface area contributed by atoms with Gasteiger partial charge in [0.05, 0.1) is 18.4 Å². The van der Waals surface area contributed by atoms with E-state index in [1.165, 1.54) is 6.20 Å². The van der Waals surface area contributed by atoms with E-state index < -0.39 is 5.97 Å². The molecule has 2 N–H and O–H groups in total. The quantitative estimate of drug-likeness (QED) is 0.825. The second-order valence-electron chi connectivity index (χ2n) is 3.80. The first-order chi connectivity index (χ1) is 8.58. The number of carboxylic acid groups (broad SMARTS) is 1. The van der Waals surface area contributed by atoms with E-state index >= 15 is 0 Å². The fraction of sp³-hybridized carbons (Fsp3) is 0.167. The van der Waals surface area contributed by atoms with Crippen molar-refractivity contribution in [3.8, 4) is 0 Å². The third-order valence-electron chi connectivity index (χ3n) is 2.58. The van der Waals surface area contributed by atoms with Crippen LogP contribution < -0.4 is 5.32 Å². The second-order valence-corrected chi connectivity index (χ2v) is 5.04. The molecule has 0 aliphatic heterocycles. The molecule has 0 saturated carbocycles. The first-order valence-electron chi connectivity index (χ1n) is 5.31. The van der Waals surface area contributed by atoms with Crippen molar-refractivity contribution in [2.24, 2.45) is 7.05 Å². The molecule has 18 heavy (non-hydrogen) atoms. The number of anilines is 1. The van der Waals surface area contributed by atoms with E-state index in [1.54, 1.807) is 11.7 Å². The molecular weight excluding hydrogens is 345 g/mol. The number of nitrogens with zero attached hydrogens (tertiary/aromatic N) is 2. The Morgan fingerprint density at radius 3 is 3.00 bits per heavy atom. The number of aromatic nitrogens is 2. The summed E-state index contributed by atoms with van der Waals surface area (Å²) >= 11 is 2.23. The van der Waals surface area contributed by atoms with Crippen molar-refractivity contribution in [2.75, 3.05) is 5.32 Å². The van der Waals surface area contributed by atoms with Crippen LogP contribution in [0.25, 0.3) is 0 Å². The molecule has 1 aromatic heterocycles. The molecule has 5 nitrogen and oxygen atoms in total. The maximum absolute atomic E-state index is 11.0. The average Bonchev–Trinajstić information content (AvgIpc) is 2.68. The Morgan fingerprint density at radius 1 is 1.56 bits per heavy atom. The summed E-state index contributed by atoms with van der Waals surface area (Å²) in [4.78, 5) is 11.0. The first kappa shape index (κ1) is 12.9. The van der Waals surface area contributed by atoms with Gasteiger partial charge < -0.3 is 10.4 Å². The largest absolute Gasteiger partial charge is 0.478 e. The van der Waals surface area contributed by atoms with Crippen LogP contribution in [0.1, 0.15) is 16.1 Å². The molecule has 0 radical (unpaired) electrons. The third-order valence-corrected chi connectivity index (χ3v) is 3.25. The number of carboxylic acids is 1. The number of aryl methyl sites for hydroxylation is 1. The molecular formula is C12H12IN3O2. The van der Waals surface area contributed by atoms with Gasteiger partial charge in [0.15, 0.2) is 0 Å². The van der Waals surface area contributed by atoms with Crippen LogP contribution in [0.15, 0.2) is 30.5 Å². The molecule has 0 bridgehead atoms. The Morgan fingerprint density at radius 2 is 2.33 bits per heavy atom. The summed E-state index contributed by atoms with van der Waals surface area (Å²) in [5.74, 6) is -0.956. The monoisotopic (exact) mass is 357 g/mol. The molecule has 0 spiro atoms. The Bertz CT molecular complexity index is 580. The van der Waals surface area contributed by atoms with Crippen molar-refractivity contribution in [3.05, 3.63) is 45.3 Å². The number of nitrogens with one attached hydrogen (secondary N) is 1. The van der Waals surface area contributed by atoms with E-state index in [1.807, 2.05) is 24.3 Å². The summed E-state index contributed by atoms with van der Waals surface area (Å²) in [6, 6.07) is 7.89. The number of aromatic carboxylic acids is 1. The molecule has 0 amide bonds. The summed E-state index contributed by atoms with van der Waals surface area (Å²) < 4.78 is 2.70. The van der Waals surface area contributed by atoms with Crippen molar-refractivity contribution in [2.45, 2.75) is 6.54 Å².